The molecule has 0 radical (unpaired) electrons. The fraction of sp³-hybridized carbons (Fsp3) is 0.560. The lowest BCUT2D eigenvalue weighted by molar-refractivity contribution is -0.117. The third kappa shape index (κ3) is 4.63. The Morgan fingerprint density at radius 1 is 1.19 bits per heavy atom. The van der Waals surface area contributed by atoms with E-state index in [0.29, 0.717) is 35.4 Å². The molecule has 0 aromatic carbocycles. The second-order valence-electron chi connectivity index (χ2n) is 10.2. The van der Waals surface area contributed by atoms with Crippen LogP contribution in [-0.4, -0.2) is 42.9 Å². The number of amides is 2. The Kier molecular flexibility index (Phi) is 6.02. The average molecular weight is 509 g/mol. The van der Waals surface area contributed by atoms with Crippen molar-refractivity contribution in [2.24, 2.45) is 11.8 Å². The molecule has 0 saturated heterocycles. The van der Waals surface area contributed by atoms with E-state index in [1.54, 1.807) is 17.7 Å². The lowest BCUT2D eigenvalue weighted by atomic mass is 9.91. The fourth-order valence-corrected chi connectivity index (χ4v) is 6.18. The van der Waals surface area contributed by atoms with Gasteiger partial charge in [0, 0.05) is 36.0 Å². The third-order valence-electron chi connectivity index (χ3n) is 7.30. The van der Waals surface area contributed by atoms with Crippen LogP contribution >= 0.6 is 11.3 Å². The van der Waals surface area contributed by atoms with Crippen LogP contribution in [0.4, 0.5) is 16.8 Å². The zero-order chi connectivity index (χ0) is 24.8. The molecule has 190 valence electrons. The van der Waals surface area contributed by atoms with Gasteiger partial charge in [-0.05, 0) is 70.3 Å². The minimum Gasteiger partial charge on any atom is -0.352 e. The van der Waals surface area contributed by atoms with Crippen molar-refractivity contribution < 1.29 is 9.59 Å². The molecule has 11 heteroatoms. The molecule has 2 saturated carbocycles. The first-order chi connectivity index (χ1) is 17.5. The Morgan fingerprint density at radius 3 is 2.78 bits per heavy atom. The van der Waals surface area contributed by atoms with Crippen molar-refractivity contribution in [3.8, 4) is 0 Å². The van der Waals surface area contributed by atoms with Gasteiger partial charge in [0.05, 0.1) is 11.3 Å². The van der Waals surface area contributed by atoms with Crippen molar-refractivity contribution in [3.05, 3.63) is 34.1 Å². The minimum absolute atomic E-state index is 0.0366. The fourth-order valence-electron chi connectivity index (χ4n) is 4.94. The Morgan fingerprint density at radius 2 is 2.03 bits per heavy atom. The first-order valence-electron chi connectivity index (χ1n) is 12.9. The van der Waals surface area contributed by atoms with E-state index in [4.69, 9.17) is 0 Å². The second-order valence-corrected chi connectivity index (χ2v) is 11.3. The van der Waals surface area contributed by atoms with Crippen molar-refractivity contribution >= 4 is 39.9 Å². The van der Waals surface area contributed by atoms with Crippen LogP contribution in [0.5, 0.6) is 0 Å². The minimum atomic E-state index is -0.0735. The lowest BCUT2D eigenvalue weighted by Gasteiger charge is -2.25. The Bertz CT molecular complexity index is 1300. The summed E-state index contributed by atoms with van der Waals surface area (Å²) in [4.78, 5) is 27.1. The SMILES string of the molecule is CCn1nc(C)cc1Nc1nncn1[C@H]1CCc2sc(NC(=O)C3CC3)c(C(=O)NCC3CC3)c2C1. The summed E-state index contributed by atoms with van der Waals surface area (Å²) in [6.07, 6.45) is 8.42. The van der Waals surface area contributed by atoms with Crippen LogP contribution in [0.1, 0.15) is 71.6 Å². The molecule has 1 atom stereocenters. The maximum atomic E-state index is 13.4. The zero-order valence-corrected chi connectivity index (χ0v) is 21.5. The van der Waals surface area contributed by atoms with Gasteiger partial charge in [0.2, 0.25) is 11.9 Å². The molecule has 3 aromatic rings. The van der Waals surface area contributed by atoms with Crippen molar-refractivity contribution in [2.75, 3.05) is 17.2 Å². The van der Waals surface area contributed by atoms with Gasteiger partial charge >= 0.3 is 0 Å². The number of aromatic nitrogens is 5. The van der Waals surface area contributed by atoms with Gasteiger partial charge in [-0.25, -0.2) is 4.68 Å². The van der Waals surface area contributed by atoms with Gasteiger partial charge in [-0.3, -0.25) is 14.2 Å². The van der Waals surface area contributed by atoms with E-state index in [-0.39, 0.29) is 23.8 Å². The van der Waals surface area contributed by atoms with Gasteiger partial charge in [0.1, 0.15) is 17.1 Å². The van der Waals surface area contributed by atoms with Gasteiger partial charge < -0.3 is 16.0 Å². The molecule has 0 unspecified atom stereocenters. The molecule has 2 amide bonds. The number of hydrogen-bond acceptors (Lipinski definition) is 7. The number of fused-ring (bicyclic) bond motifs is 1. The van der Waals surface area contributed by atoms with Gasteiger partial charge in [0.25, 0.3) is 5.91 Å². The Labute approximate surface area is 213 Å². The third-order valence-corrected chi connectivity index (χ3v) is 8.51. The van der Waals surface area contributed by atoms with Crippen LogP contribution in [0.15, 0.2) is 12.4 Å². The summed E-state index contributed by atoms with van der Waals surface area (Å²) >= 11 is 1.57. The number of nitrogens with zero attached hydrogens (tertiary/aromatic N) is 5. The molecule has 0 aliphatic heterocycles. The van der Waals surface area contributed by atoms with E-state index in [2.05, 4.69) is 42.7 Å². The quantitative estimate of drug-likeness (QED) is 0.404. The van der Waals surface area contributed by atoms with Gasteiger partial charge in [-0.1, -0.05) is 0 Å². The summed E-state index contributed by atoms with van der Waals surface area (Å²) in [5.41, 5.74) is 2.63. The van der Waals surface area contributed by atoms with Crippen molar-refractivity contribution in [2.45, 2.75) is 71.4 Å². The summed E-state index contributed by atoms with van der Waals surface area (Å²) in [7, 11) is 0. The first kappa shape index (κ1) is 23.2. The number of hydrogen-bond donors (Lipinski definition) is 3. The molecule has 3 aliphatic rings. The molecule has 10 nitrogen and oxygen atoms in total. The molecule has 3 aromatic heterocycles. The van der Waals surface area contributed by atoms with E-state index >= 15 is 0 Å². The topological polar surface area (TPSA) is 119 Å². The zero-order valence-electron chi connectivity index (χ0n) is 20.7. The number of nitrogens with one attached hydrogen (secondary N) is 3. The van der Waals surface area contributed by atoms with Crippen LogP contribution in [0.25, 0.3) is 0 Å². The molecule has 0 bridgehead atoms. The maximum absolute atomic E-state index is 13.4. The van der Waals surface area contributed by atoms with Crippen molar-refractivity contribution in [3.63, 3.8) is 0 Å². The number of carbonyl (C=O) groups is 2. The predicted molar refractivity (Wildman–Crippen MR) is 138 cm³/mol. The van der Waals surface area contributed by atoms with Crippen LogP contribution in [0.3, 0.4) is 0 Å². The van der Waals surface area contributed by atoms with E-state index in [0.717, 1.165) is 49.3 Å². The van der Waals surface area contributed by atoms with Crippen molar-refractivity contribution in [1.82, 2.24) is 29.9 Å². The average Bonchev–Trinajstić information content (AvgIpc) is 3.78. The van der Waals surface area contributed by atoms with Crippen LogP contribution in [0.2, 0.25) is 0 Å². The molecule has 6 rings (SSSR count). The van der Waals surface area contributed by atoms with Crippen molar-refractivity contribution in [1.29, 1.82) is 0 Å². The highest BCUT2D eigenvalue weighted by atomic mass is 32.1. The maximum Gasteiger partial charge on any atom is 0.254 e. The number of carbonyl (C=O) groups excluding carboxylic acids is 2. The van der Waals surface area contributed by atoms with Gasteiger partial charge in [-0.15, -0.1) is 21.5 Å². The highest BCUT2D eigenvalue weighted by Gasteiger charge is 2.35. The van der Waals surface area contributed by atoms with E-state index < -0.39 is 0 Å². The van der Waals surface area contributed by atoms with Crippen LogP contribution in [-0.2, 0) is 24.2 Å². The number of anilines is 3. The summed E-state index contributed by atoms with van der Waals surface area (Å²) in [5.74, 6) is 2.18. The van der Waals surface area contributed by atoms with E-state index in [9.17, 15) is 9.59 Å². The summed E-state index contributed by atoms with van der Waals surface area (Å²) in [6.45, 7) is 5.47. The number of thiophene rings is 1. The Hall–Kier alpha value is -3.21. The molecule has 36 heavy (non-hydrogen) atoms. The molecule has 3 N–H and O–H groups in total. The van der Waals surface area contributed by atoms with Crippen LogP contribution in [0, 0.1) is 18.8 Å². The predicted octanol–water partition coefficient (Wildman–Crippen LogP) is 3.83. The summed E-state index contributed by atoms with van der Waals surface area (Å²) in [5, 5.41) is 23.3. The molecule has 2 fully saturated rings. The standard InChI is InChI=1S/C25H32N8O2S/c1-3-33-20(10-14(2)31-33)28-25-30-27-13-32(25)17-8-9-19-18(11-17)21(23(35)26-12-15-4-5-15)24(36-19)29-22(34)16-6-7-16/h10,13,15-17H,3-9,11-12H2,1-2H3,(H,26,35)(H,28,30)(H,29,34)/t17-/m0/s1. The smallest absolute Gasteiger partial charge is 0.254 e. The first-order valence-corrected chi connectivity index (χ1v) is 13.8. The molecular formula is C25H32N8O2S. The monoisotopic (exact) mass is 508 g/mol. The summed E-state index contributed by atoms with van der Waals surface area (Å²) < 4.78 is 3.97. The highest BCUT2D eigenvalue weighted by molar-refractivity contribution is 7.17. The second kappa shape index (κ2) is 9.34. The van der Waals surface area contributed by atoms with Gasteiger partial charge in [0.15, 0.2) is 0 Å². The molecule has 3 heterocycles. The van der Waals surface area contributed by atoms with Gasteiger partial charge in [-0.2, -0.15) is 5.10 Å². The van der Waals surface area contributed by atoms with E-state index in [1.807, 2.05) is 17.7 Å². The lowest BCUT2D eigenvalue weighted by Crippen LogP contribution is -2.28. The normalized spacial score (nSPS) is 19.1. The number of rotatable bonds is 9. The van der Waals surface area contributed by atoms with E-state index in [1.165, 1.54) is 17.7 Å². The van der Waals surface area contributed by atoms with Crippen LogP contribution < -0.4 is 16.0 Å². The highest BCUT2D eigenvalue weighted by Crippen LogP contribution is 2.43. The largest absolute Gasteiger partial charge is 0.352 e. The summed E-state index contributed by atoms with van der Waals surface area (Å²) in [6, 6.07) is 2.10. The molecule has 3 aliphatic carbocycles. The molecule has 0 spiro atoms. The number of aryl methyl sites for hydroxylation is 3. The Balaban J connectivity index is 1.27. The molecular weight excluding hydrogens is 476 g/mol.